The molecule has 0 spiro atoms. The van der Waals surface area contributed by atoms with Crippen LogP contribution in [-0.4, -0.2) is 25.8 Å². The van der Waals surface area contributed by atoms with Crippen molar-refractivity contribution < 1.29 is 19.0 Å². The maximum Gasteiger partial charge on any atom is 0.343 e. The lowest BCUT2D eigenvalue weighted by Gasteiger charge is -2.11. The minimum atomic E-state index is -0.384. The van der Waals surface area contributed by atoms with E-state index >= 15 is 0 Å². The Bertz CT molecular complexity index is 469. The van der Waals surface area contributed by atoms with E-state index in [0.29, 0.717) is 17.8 Å². The summed E-state index contributed by atoms with van der Waals surface area (Å²) in [4.78, 5) is 11.1. The largest absolute Gasteiger partial charge is 0.486 e. The van der Waals surface area contributed by atoms with Crippen LogP contribution in [0.1, 0.15) is 30.7 Å². The van der Waals surface area contributed by atoms with Crippen LogP contribution < -0.4 is 9.47 Å². The lowest BCUT2D eigenvalue weighted by Crippen LogP contribution is -2.13. The summed E-state index contributed by atoms with van der Waals surface area (Å²) in [6.07, 6.45) is 3.80. The van der Waals surface area contributed by atoms with E-state index in [1.165, 1.54) is 25.5 Å². The third-order valence-corrected chi connectivity index (χ3v) is 3.70. The number of hydrogen-bond acceptors (Lipinski definition) is 4. The van der Waals surface area contributed by atoms with Crippen molar-refractivity contribution in [2.45, 2.75) is 31.3 Å². The van der Waals surface area contributed by atoms with Gasteiger partial charge in [-0.3, -0.25) is 0 Å². The normalized spacial score (nSPS) is 24.1. The summed E-state index contributed by atoms with van der Waals surface area (Å²) in [7, 11) is 1.35. The molecule has 2 atom stereocenters. The molecule has 3 rings (SSSR count). The van der Waals surface area contributed by atoms with E-state index in [4.69, 9.17) is 9.47 Å². The van der Waals surface area contributed by atoms with Gasteiger partial charge in [0.15, 0.2) is 18.1 Å². The Morgan fingerprint density at radius 1 is 1.44 bits per heavy atom. The first kappa shape index (κ1) is 11.4. The molecule has 1 aromatic rings. The van der Waals surface area contributed by atoms with Crippen LogP contribution in [-0.2, 0) is 9.53 Å². The number of benzene rings is 1. The van der Waals surface area contributed by atoms with Crippen molar-refractivity contribution in [1.82, 2.24) is 0 Å². The average Bonchev–Trinajstić information content (AvgIpc) is 2.96. The number of carbonyl (C=O) groups excluding carboxylic acids is 1. The van der Waals surface area contributed by atoms with Gasteiger partial charge in [-0.1, -0.05) is 12.1 Å². The molecule has 1 aromatic carbocycles. The lowest BCUT2D eigenvalue weighted by atomic mass is 9.98. The molecule has 0 radical (unpaired) electrons. The molecule has 4 nitrogen and oxygen atoms in total. The summed E-state index contributed by atoms with van der Waals surface area (Å²) < 4.78 is 16.0. The average molecular weight is 248 g/mol. The molecule has 0 N–H and O–H groups in total. The second kappa shape index (κ2) is 4.52. The zero-order valence-electron chi connectivity index (χ0n) is 10.3. The Morgan fingerprint density at radius 2 is 2.33 bits per heavy atom. The first-order valence-electron chi connectivity index (χ1n) is 6.29. The first-order valence-corrected chi connectivity index (χ1v) is 6.29. The smallest absolute Gasteiger partial charge is 0.343 e. The van der Waals surface area contributed by atoms with Crippen molar-refractivity contribution in [3.63, 3.8) is 0 Å². The minimum absolute atomic E-state index is 0.0777. The maximum atomic E-state index is 11.1. The van der Waals surface area contributed by atoms with Gasteiger partial charge >= 0.3 is 5.97 Å². The van der Waals surface area contributed by atoms with Crippen LogP contribution >= 0.6 is 0 Å². The zero-order valence-corrected chi connectivity index (χ0v) is 10.3. The number of rotatable bonds is 3. The Labute approximate surface area is 106 Å². The van der Waals surface area contributed by atoms with Crippen LogP contribution in [0.3, 0.4) is 0 Å². The topological polar surface area (TPSA) is 44.8 Å². The van der Waals surface area contributed by atoms with E-state index < -0.39 is 0 Å². The third kappa shape index (κ3) is 1.82. The summed E-state index contributed by atoms with van der Waals surface area (Å²) >= 11 is 0. The van der Waals surface area contributed by atoms with Crippen LogP contribution in [0, 0.1) is 0 Å². The van der Waals surface area contributed by atoms with E-state index in [0.717, 1.165) is 12.2 Å². The van der Waals surface area contributed by atoms with Crippen LogP contribution in [0.5, 0.6) is 11.5 Å². The van der Waals surface area contributed by atoms with Gasteiger partial charge in [0, 0.05) is 11.5 Å². The van der Waals surface area contributed by atoms with Gasteiger partial charge in [-0.2, -0.15) is 0 Å². The van der Waals surface area contributed by atoms with E-state index in [2.05, 4.69) is 10.8 Å². The Morgan fingerprint density at radius 3 is 3.17 bits per heavy atom. The fourth-order valence-corrected chi connectivity index (χ4v) is 2.83. The predicted molar refractivity (Wildman–Crippen MR) is 65.0 cm³/mol. The van der Waals surface area contributed by atoms with E-state index in [-0.39, 0.29) is 12.6 Å². The quantitative estimate of drug-likeness (QED) is 0.770. The second-order valence-corrected chi connectivity index (χ2v) is 4.73. The third-order valence-electron chi connectivity index (χ3n) is 3.70. The van der Waals surface area contributed by atoms with Crippen LogP contribution in [0.4, 0.5) is 0 Å². The number of esters is 1. The van der Waals surface area contributed by atoms with Gasteiger partial charge < -0.3 is 14.2 Å². The van der Waals surface area contributed by atoms with Gasteiger partial charge in [-0.15, -0.1) is 0 Å². The van der Waals surface area contributed by atoms with Gasteiger partial charge in [-0.25, -0.2) is 4.79 Å². The fourth-order valence-electron chi connectivity index (χ4n) is 2.83. The number of carbonyl (C=O) groups is 1. The standard InChI is InChI=1S/C14H16O4/c1-16-13(15)8-17-12-7-3-5-10-9-4-2-6-11(9)18-14(10)12/h3,5,7,9,11H,2,4,6,8H2,1H3. The number of ether oxygens (including phenoxy) is 3. The predicted octanol–water partition coefficient (Wildman–Crippen LogP) is 2.27. The highest BCUT2D eigenvalue weighted by atomic mass is 16.6. The minimum Gasteiger partial charge on any atom is -0.486 e. The molecule has 1 heterocycles. The van der Waals surface area contributed by atoms with Crippen molar-refractivity contribution in [1.29, 1.82) is 0 Å². The Balaban J connectivity index is 1.81. The molecular formula is C14H16O4. The van der Waals surface area contributed by atoms with E-state index in [1.54, 1.807) is 0 Å². The fraction of sp³-hybridized carbons (Fsp3) is 0.500. The summed E-state index contributed by atoms with van der Waals surface area (Å²) in [5.74, 6) is 1.58. The molecule has 1 aliphatic heterocycles. The lowest BCUT2D eigenvalue weighted by molar-refractivity contribution is -0.142. The van der Waals surface area contributed by atoms with Crippen molar-refractivity contribution in [2.75, 3.05) is 13.7 Å². The van der Waals surface area contributed by atoms with Crippen LogP contribution in [0.25, 0.3) is 0 Å². The van der Waals surface area contributed by atoms with Crippen molar-refractivity contribution in [2.24, 2.45) is 0 Å². The van der Waals surface area contributed by atoms with Gasteiger partial charge in [0.25, 0.3) is 0 Å². The van der Waals surface area contributed by atoms with Crippen molar-refractivity contribution >= 4 is 5.97 Å². The van der Waals surface area contributed by atoms with Gasteiger partial charge in [-0.05, 0) is 25.3 Å². The molecule has 1 saturated carbocycles. The summed E-state index contributed by atoms with van der Waals surface area (Å²) in [5, 5.41) is 0. The molecule has 1 aliphatic carbocycles. The summed E-state index contributed by atoms with van der Waals surface area (Å²) in [6.45, 7) is -0.0777. The molecule has 2 aliphatic rings. The molecule has 0 bridgehead atoms. The zero-order chi connectivity index (χ0) is 12.5. The molecule has 1 fully saturated rings. The molecule has 4 heteroatoms. The van der Waals surface area contributed by atoms with Gasteiger partial charge in [0.1, 0.15) is 6.10 Å². The van der Waals surface area contributed by atoms with Crippen LogP contribution in [0.15, 0.2) is 18.2 Å². The first-order chi connectivity index (χ1) is 8.79. The van der Waals surface area contributed by atoms with Crippen molar-refractivity contribution in [3.8, 4) is 11.5 Å². The van der Waals surface area contributed by atoms with Crippen LogP contribution in [0.2, 0.25) is 0 Å². The molecule has 18 heavy (non-hydrogen) atoms. The molecule has 0 aromatic heterocycles. The van der Waals surface area contributed by atoms with Crippen molar-refractivity contribution in [3.05, 3.63) is 23.8 Å². The molecular weight excluding hydrogens is 232 g/mol. The Hall–Kier alpha value is -1.71. The monoisotopic (exact) mass is 248 g/mol. The number of methoxy groups -OCH3 is 1. The van der Waals surface area contributed by atoms with E-state index in [9.17, 15) is 4.79 Å². The molecule has 0 saturated heterocycles. The summed E-state index contributed by atoms with van der Waals surface area (Å²) in [5.41, 5.74) is 1.22. The second-order valence-electron chi connectivity index (χ2n) is 4.73. The number of para-hydroxylation sites is 1. The molecule has 0 amide bonds. The summed E-state index contributed by atoms with van der Waals surface area (Å²) in [6, 6.07) is 5.88. The highest BCUT2D eigenvalue weighted by Crippen LogP contribution is 2.50. The Kier molecular flexibility index (Phi) is 2.86. The molecule has 2 unspecified atom stereocenters. The number of hydrogen-bond donors (Lipinski definition) is 0. The van der Waals surface area contributed by atoms with Gasteiger partial charge in [0.05, 0.1) is 7.11 Å². The highest BCUT2D eigenvalue weighted by molar-refractivity contribution is 5.71. The maximum absolute atomic E-state index is 11.1. The number of fused-ring (bicyclic) bond motifs is 3. The van der Waals surface area contributed by atoms with E-state index in [1.807, 2.05) is 12.1 Å². The SMILES string of the molecule is COC(=O)COc1cccc2c1OC1CCCC21. The van der Waals surface area contributed by atoms with Gasteiger partial charge in [0.2, 0.25) is 0 Å². The highest BCUT2D eigenvalue weighted by Gasteiger charge is 2.39. The molecule has 96 valence electrons.